The van der Waals surface area contributed by atoms with Gasteiger partial charge >= 0.3 is 0 Å². The van der Waals surface area contributed by atoms with Crippen molar-refractivity contribution in [3.63, 3.8) is 0 Å². The summed E-state index contributed by atoms with van der Waals surface area (Å²) in [4.78, 5) is 15.0. The summed E-state index contributed by atoms with van der Waals surface area (Å²) in [7, 11) is -2.34. The molecule has 0 spiro atoms. The Labute approximate surface area is 180 Å². The lowest BCUT2D eigenvalue weighted by atomic mass is 10.1. The number of nitrogens with zero attached hydrogens (tertiary/aromatic N) is 2. The lowest BCUT2D eigenvalue weighted by Crippen LogP contribution is -2.45. The number of methoxy groups -OCH3 is 1. The highest BCUT2D eigenvalue weighted by molar-refractivity contribution is 7.94. The Morgan fingerprint density at radius 2 is 1.87 bits per heavy atom. The highest BCUT2D eigenvalue weighted by Crippen LogP contribution is 2.33. The number of anilines is 2. The number of carbonyl (C=O) groups excluding carboxylic acids is 1. The molecule has 1 atom stereocenters. The van der Waals surface area contributed by atoms with Crippen molar-refractivity contribution < 1.29 is 17.9 Å². The van der Waals surface area contributed by atoms with Gasteiger partial charge in [0.1, 0.15) is 16.5 Å². The van der Waals surface area contributed by atoms with E-state index in [2.05, 4.69) is 0 Å². The van der Waals surface area contributed by atoms with Crippen molar-refractivity contribution in [1.82, 2.24) is 0 Å². The predicted octanol–water partition coefficient (Wildman–Crippen LogP) is 3.93. The number of amides is 1. The van der Waals surface area contributed by atoms with Crippen LogP contribution in [0.2, 0.25) is 0 Å². The smallest absolute Gasteiger partial charge is 0.274 e. The van der Waals surface area contributed by atoms with E-state index >= 15 is 0 Å². The summed E-state index contributed by atoms with van der Waals surface area (Å²) < 4.78 is 33.3. The number of benzene rings is 2. The number of fused-ring (bicyclic) bond motifs is 1. The van der Waals surface area contributed by atoms with Gasteiger partial charge in [0.25, 0.3) is 10.0 Å². The van der Waals surface area contributed by atoms with Crippen molar-refractivity contribution in [3.05, 3.63) is 71.6 Å². The standard InChI is InChI=1S/C22H22N2O4S2/c1-16-14-17-6-3-4-7-20(17)24(16)21(25)15-23(18-9-11-19(28-2)12-10-18)30(26,27)22-8-5-13-29-22/h3-13,16H,14-15H2,1-2H3/t16-/m0/s1. The topological polar surface area (TPSA) is 66.9 Å². The molecule has 0 N–H and O–H groups in total. The first-order chi connectivity index (χ1) is 14.4. The molecule has 0 unspecified atom stereocenters. The van der Waals surface area contributed by atoms with E-state index in [4.69, 9.17) is 4.74 Å². The summed E-state index contributed by atoms with van der Waals surface area (Å²) >= 11 is 1.13. The summed E-state index contributed by atoms with van der Waals surface area (Å²) in [6, 6.07) is 17.6. The lowest BCUT2D eigenvalue weighted by Gasteiger charge is -2.28. The van der Waals surface area contributed by atoms with Crippen molar-refractivity contribution in [2.75, 3.05) is 22.9 Å². The summed E-state index contributed by atoms with van der Waals surface area (Å²) in [5, 5.41) is 1.71. The van der Waals surface area contributed by atoms with Crippen LogP contribution in [0.5, 0.6) is 5.75 Å². The maximum atomic E-state index is 13.4. The second-order valence-corrected chi connectivity index (χ2v) is 10.1. The molecule has 0 radical (unpaired) electrons. The quantitative estimate of drug-likeness (QED) is 0.580. The van der Waals surface area contributed by atoms with Crippen LogP contribution in [0.25, 0.3) is 0 Å². The molecule has 1 aliphatic rings. The third-order valence-corrected chi connectivity index (χ3v) is 8.30. The molecule has 6 nitrogen and oxygen atoms in total. The Morgan fingerprint density at radius 1 is 1.13 bits per heavy atom. The van der Waals surface area contributed by atoms with Gasteiger partial charge < -0.3 is 9.64 Å². The third-order valence-electron chi connectivity index (χ3n) is 5.15. The molecule has 1 amide bonds. The molecular weight excluding hydrogens is 420 g/mol. The molecule has 1 aromatic heterocycles. The van der Waals surface area contributed by atoms with Crippen LogP contribution >= 0.6 is 11.3 Å². The van der Waals surface area contributed by atoms with Crippen molar-refractivity contribution in [2.24, 2.45) is 0 Å². The van der Waals surface area contributed by atoms with Crippen LogP contribution in [0.15, 0.2) is 70.3 Å². The minimum atomic E-state index is -3.89. The zero-order chi connectivity index (χ0) is 21.3. The zero-order valence-electron chi connectivity index (χ0n) is 16.7. The molecule has 0 saturated heterocycles. The molecule has 0 bridgehead atoms. The number of rotatable bonds is 6. The average Bonchev–Trinajstić information content (AvgIpc) is 3.39. The number of para-hydroxylation sites is 1. The van der Waals surface area contributed by atoms with Gasteiger partial charge in [0, 0.05) is 11.7 Å². The van der Waals surface area contributed by atoms with Gasteiger partial charge in [-0.2, -0.15) is 0 Å². The van der Waals surface area contributed by atoms with Gasteiger partial charge in [-0.1, -0.05) is 24.3 Å². The molecule has 2 heterocycles. The van der Waals surface area contributed by atoms with Crippen LogP contribution in [-0.4, -0.2) is 34.0 Å². The Kier molecular flexibility index (Phi) is 5.53. The molecular formula is C22H22N2O4S2. The van der Waals surface area contributed by atoms with Crippen LogP contribution < -0.4 is 13.9 Å². The van der Waals surface area contributed by atoms with E-state index in [1.165, 1.54) is 4.31 Å². The SMILES string of the molecule is COc1ccc(N(CC(=O)N2c3ccccc3C[C@@H]2C)S(=O)(=O)c2cccs2)cc1. The van der Waals surface area contributed by atoms with Crippen LogP contribution in [0.3, 0.4) is 0 Å². The van der Waals surface area contributed by atoms with Gasteiger partial charge in [0.05, 0.1) is 12.8 Å². The summed E-state index contributed by atoms with van der Waals surface area (Å²) in [5.41, 5.74) is 2.35. The maximum Gasteiger partial charge on any atom is 0.274 e. The van der Waals surface area contributed by atoms with Crippen LogP contribution in [0.4, 0.5) is 11.4 Å². The van der Waals surface area contributed by atoms with E-state index in [0.717, 1.165) is 29.0 Å². The van der Waals surface area contributed by atoms with Gasteiger partial charge in [0.15, 0.2) is 0 Å². The molecule has 8 heteroatoms. The first-order valence-corrected chi connectivity index (χ1v) is 11.8. The van der Waals surface area contributed by atoms with E-state index in [-0.39, 0.29) is 22.7 Å². The minimum Gasteiger partial charge on any atom is -0.497 e. The van der Waals surface area contributed by atoms with Crippen molar-refractivity contribution in [1.29, 1.82) is 0 Å². The highest BCUT2D eigenvalue weighted by atomic mass is 32.2. The predicted molar refractivity (Wildman–Crippen MR) is 119 cm³/mol. The zero-order valence-corrected chi connectivity index (χ0v) is 18.3. The number of hydrogen-bond acceptors (Lipinski definition) is 5. The molecule has 4 rings (SSSR count). The lowest BCUT2D eigenvalue weighted by molar-refractivity contribution is -0.117. The first kappa shape index (κ1) is 20.4. The minimum absolute atomic E-state index is 0.0305. The van der Waals surface area contributed by atoms with Crippen molar-refractivity contribution in [3.8, 4) is 5.75 Å². The van der Waals surface area contributed by atoms with Gasteiger partial charge in [-0.05, 0) is 60.7 Å². The van der Waals surface area contributed by atoms with E-state index in [1.807, 2.05) is 31.2 Å². The largest absolute Gasteiger partial charge is 0.497 e. The number of sulfonamides is 1. The molecule has 0 fully saturated rings. The summed E-state index contributed by atoms with van der Waals surface area (Å²) in [6.45, 7) is 1.69. The van der Waals surface area contributed by atoms with E-state index < -0.39 is 10.0 Å². The van der Waals surface area contributed by atoms with E-state index in [1.54, 1.807) is 53.8 Å². The van der Waals surface area contributed by atoms with Gasteiger partial charge in [-0.15, -0.1) is 11.3 Å². The fourth-order valence-electron chi connectivity index (χ4n) is 3.73. The third kappa shape index (κ3) is 3.68. The summed E-state index contributed by atoms with van der Waals surface area (Å²) in [5.74, 6) is 0.351. The molecule has 0 aliphatic carbocycles. The van der Waals surface area contributed by atoms with Crippen LogP contribution in [0.1, 0.15) is 12.5 Å². The van der Waals surface area contributed by atoms with E-state index in [9.17, 15) is 13.2 Å². The number of thiophene rings is 1. The van der Waals surface area contributed by atoms with Gasteiger partial charge in [-0.3, -0.25) is 9.10 Å². The van der Waals surface area contributed by atoms with Gasteiger partial charge in [0.2, 0.25) is 5.91 Å². The van der Waals surface area contributed by atoms with Crippen molar-refractivity contribution >= 4 is 38.6 Å². The second kappa shape index (κ2) is 8.12. The first-order valence-electron chi connectivity index (χ1n) is 9.52. The Balaban J connectivity index is 1.70. The Hall–Kier alpha value is -2.84. The number of carbonyl (C=O) groups is 1. The Bertz CT molecular complexity index is 1140. The molecule has 1 aliphatic heterocycles. The highest BCUT2D eigenvalue weighted by Gasteiger charge is 2.35. The molecule has 156 valence electrons. The molecule has 3 aromatic rings. The molecule has 30 heavy (non-hydrogen) atoms. The van der Waals surface area contributed by atoms with E-state index in [0.29, 0.717) is 11.4 Å². The maximum absolute atomic E-state index is 13.4. The van der Waals surface area contributed by atoms with Crippen LogP contribution in [0, 0.1) is 0 Å². The normalized spacial score (nSPS) is 15.7. The fourth-order valence-corrected chi connectivity index (χ4v) is 6.25. The van der Waals surface area contributed by atoms with Crippen LogP contribution in [-0.2, 0) is 21.2 Å². The molecule has 2 aromatic carbocycles. The number of ether oxygens (including phenoxy) is 1. The number of hydrogen-bond donors (Lipinski definition) is 0. The monoisotopic (exact) mass is 442 g/mol. The second-order valence-electron chi connectivity index (χ2n) is 7.09. The molecule has 0 saturated carbocycles. The van der Waals surface area contributed by atoms with Crippen molar-refractivity contribution in [2.45, 2.75) is 23.6 Å². The average molecular weight is 443 g/mol. The Morgan fingerprint density at radius 3 is 2.53 bits per heavy atom. The fraction of sp³-hybridized carbons (Fsp3) is 0.227. The van der Waals surface area contributed by atoms with Gasteiger partial charge in [-0.25, -0.2) is 8.42 Å². The summed E-state index contributed by atoms with van der Waals surface area (Å²) in [6.07, 6.45) is 0.752.